The van der Waals surface area contributed by atoms with E-state index in [4.69, 9.17) is 5.73 Å². The second kappa shape index (κ2) is 11.6. The summed E-state index contributed by atoms with van der Waals surface area (Å²) in [6.07, 6.45) is 4.37. The number of nitrogens with two attached hydrogens (primary N) is 1. The molecule has 3 nitrogen and oxygen atoms in total. The summed E-state index contributed by atoms with van der Waals surface area (Å²) < 4.78 is 13.6. The first kappa shape index (κ1) is 21.1. The Kier molecular flexibility index (Phi) is 9.81. The molecule has 2 rings (SSSR count). The standard InChI is InChI=1S/C20H25FN2O.ClH/c21-18-12-8-11-17(15-18)20(16-9-4-3-5-10-16)23-19(24)13-6-1-2-7-14-22;/h3-5,8-12,15,20H,1-2,6-7,13-14,22H2,(H,23,24);1H. The summed E-state index contributed by atoms with van der Waals surface area (Å²) in [7, 11) is 0. The zero-order valence-electron chi connectivity index (χ0n) is 14.3. The summed E-state index contributed by atoms with van der Waals surface area (Å²) in [6, 6.07) is 15.7. The van der Waals surface area contributed by atoms with E-state index in [2.05, 4.69) is 5.32 Å². The van der Waals surface area contributed by atoms with E-state index in [1.54, 1.807) is 6.07 Å². The lowest BCUT2D eigenvalue weighted by Crippen LogP contribution is -2.29. The van der Waals surface area contributed by atoms with Crippen molar-refractivity contribution in [2.45, 2.75) is 38.1 Å². The molecule has 0 spiro atoms. The molecule has 0 saturated carbocycles. The van der Waals surface area contributed by atoms with Crippen LogP contribution in [0.2, 0.25) is 0 Å². The second-order valence-corrected chi connectivity index (χ2v) is 5.92. The van der Waals surface area contributed by atoms with E-state index >= 15 is 0 Å². The number of carbonyl (C=O) groups excluding carboxylic acids is 1. The molecule has 3 N–H and O–H groups in total. The molecule has 1 unspecified atom stereocenters. The van der Waals surface area contributed by atoms with Crippen molar-refractivity contribution in [1.82, 2.24) is 5.32 Å². The SMILES string of the molecule is Cl.NCCCCCCC(=O)NC(c1ccccc1)c1cccc(F)c1. The molecule has 136 valence electrons. The number of rotatable bonds is 9. The van der Waals surface area contributed by atoms with Gasteiger partial charge in [0.05, 0.1) is 6.04 Å². The van der Waals surface area contributed by atoms with Crippen molar-refractivity contribution in [3.8, 4) is 0 Å². The number of hydrogen-bond acceptors (Lipinski definition) is 2. The lowest BCUT2D eigenvalue weighted by atomic mass is 9.98. The third-order valence-electron chi connectivity index (χ3n) is 3.98. The predicted molar refractivity (Wildman–Crippen MR) is 102 cm³/mol. The zero-order chi connectivity index (χ0) is 17.2. The van der Waals surface area contributed by atoms with Crippen LogP contribution in [0.4, 0.5) is 4.39 Å². The zero-order valence-corrected chi connectivity index (χ0v) is 15.1. The highest BCUT2D eigenvalue weighted by atomic mass is 35.5. The van der Waals surface area contributed by atoms with E-state index in [-0.39, 0.29) is 30.2 Å². The minimum absolute atomic E-state index is 0. The fraction of sp³-hybridized carbons (Fsp3) is 0.350. The molecule has 0 aliphatic rings. The van der Waals surface area contributed by atoms with Crippen LogP contribution in [0.25, 0.3) is 0 Å². The van der Waals surface area contributed by atoms with Crippen molar-refractivity contribution < 1.29 is 9.18 Å². The summed E-state index contributed by atoms with van der Waals surface area (Å²) in [6.45, 7) is 0.696. The minimum Gasteiger partial charge on any atom is -0.345 e. The molecule has 2 aromatic carbocycles. The molecule has 0 aromatic heterocycles. The Morgan fingerprint density at radius 2 is 1.64 bits per heavy atom. The van der Waals surface area contributed by atoms with Gasteiger partial charge in [0.1, 0.15) is 5.82 Å². The van der Waals surface area contributed by atoms with Crippen molar-refractivity contribution >= 4 is 18.3 Å². The minimum atomic E-state index is -0.335. The Morgan fingerprint density at radius 3 is 2.32 bits per heavy atom. The van der Waals surface area contributed by atoms with E-state index < -0.39 is 0 Å². The lowest BCUT2D eigenvalue weighted by molar-refractivity contribution is -0.121. The van der Waals surface area contributed by atoms with Gasteiger partial charge in [-0.25, -0.2) is 4.39 Å². The number of nitrogens with one attached hydrogen (secondary N) is 1. The first-order valence-electron chi connectivity index (χ1n) is 8.50. The molecule has 1 amide bonds. The van der Waals surface area contributed by atoms with Crippen molar-refractivity contribution in [1.29, 1.82) is 0 Å². The summed E-state index contributed by atoms with van der Waals surface area (Å²) in [5.74, 6) is -0.315. The van der Waals surface area contributed by atoms with Gasteiger partial charge in [-0.15, -0.1) is 12.4 Å². The van der Waals surface area contributed by atoms with Crippen molar-refractivity contribution in [2.75, 3.05) is 6.54 Å². The van der Waals surface area contributed by atoms with E-state index in [1.165, 1.54) is 12.1 Å². The molecule has 5 heteroatoms. The molecule has 0 saturated heterocycles. The molecule has 0 aliphatic carbocycles. The van der Waals surface area contributed by atoms with Gasteiger partial charge in [-0.05, 0) is 42.6 Å². The van der Waals surface area contributed by atoms with Crippen molar-refractivity contribution in [3.63, 3.8) is 0 Å². The van der Waals surface area contributed by atoms with Crippen LogP contribution < -0.4 is 11.1 Å². The topological polar surface area (TPSA) is 55.1 Å². The van der Waals surface area contributed by atoms with Gasteiger partial charge in [0.15, 0.2) is 0 Å². The number of unbranched alkanes of at least 4 members (excludes halogenated alkanes) is 3. The first-order valence-corrected chi connectivity index (χ1v) is 8.50. The number of carbonyl (C=O) groups is 1. The van der Waals surface area contributed by atoms with Crippen LogP contribution in [0.1, 0.15) is 49.3 Å². The van der Waals surface area contributed by atoms with Gasteiger partial charge in [0.25, 0.3) is 0 Å². The van der Waals surface area contributed by atoms with Crippen LogP contribution >= 0.6 is 12.4 Å². The van der Waals surface area contributed by atoms with Gasteiger partial charge in [-0.1, -0.05) is 55.3 Å². The van der Waals surface area contributed by atoms with Crippen LogP contribution in [0.15, 0.2) is 54.6 Å². The largest absolute Gasteiger partial charge is 0.345 e. The van der Waals surface area contributed by atoms with Crippen LogP contribution in [0.3, 0.4) is 0 Å². The number of hydrogen-bond donors (Lipinski definition) is 2. The van der Waals surface area contributed by atoms with Gasteiger partial charge in [-0.2, -0.15) is 0 Å². The third kappa shape index (κ3) is 7.24. The summed E-state index contributed by atoms with van der Waals surface area (Å²) in [4.78, 5) is 12.3. The first-order chi connectivity index (χ1) is 11.7. The highest BCUT2D eigenvalue weighted by Crippen LogP contribution is 2.23. The molecule has 0 aliphatic heterocycles. The fourth-order valence-corrected chi connectivity index (χ4v) is 2.71. The Morgan fingerprint density at radius 1 is 0.960 bits per heavy atom. The smallest absolute Gasteiger partial charge is 0.220 e. The predicted octanol–water partition coefficient (Wildman–Crippen LogP) is 4.36. The van der Waals surface area contributed by atoms with E-state index in [0.29, 0.717) is 13.0 Å². The highest BCUT2D eigenvalue weighted by Gasteiger charge is 2.17. The van der Waals surface area contributed by atoms with E-state index in [9.17, 15) is 9.18 Å². The summed E-state index contributed by atoms with van der Waals surface area (Å²) >= 11 is 0. The van der Waals surface area contributed by atoms with E-state index in [0.717, 1.165) is 36.8 Å². The van der Waals surface area contributed by atoms with Crippen LogP contribution in [0.5, 0.6) is 0 Å². The van der Waals surface area contributed by atoms with Gasteiger partial charge in [0, 0.05) is 6.42 Å². The van der Waals surface area contributed by atoms with E-state index in [1.807, 2.05) is 36.4 Å². The monoisotopic (exact) mass is 364 g/mol. The molecule has 25 heavy (non-hydrogen) atoms. The molecule has 0 radical (unpaired) electrons. The van der Waals surface area contributed by atoms with Gasteiger partial charge < -0.3 is 11.1 Å². The quantitative estimate of drug-likeness (QED) is 0.649. The highest BCUT2D eigenvalue weighted by molar-refractivity contribution is 5.85. The maximum atomic E-state index is 13.6. The Labute approximate surface area is 155 Å². The lowest BCUT2D eigenvalue weighted by Gasteiger charge is -2.20. The number of halogens is 2. The maximum absolute atomic E-state index is 13.6. The van der Waals surface area contributed by atoms with Gasteiger partial charge >= 0.3 is 0 Å². The number of amides is 1. The number of benzene rings is 2. The summed E-state index contributed by atoms with van der Waals surface area (Å²) in [5.41, 5.74) is 7.16. The van der Waals surface area contributed by atoms with Gasteiger partial charge in [-0.3, -0.25) is 4.79 Å². The van der Waals surface area contributed by atoms with Gasteiger partial charge in [0.2, 0.25) is 5.91 Å². The molecular weight excluding hydrogens is 339 g/mol. The fourth-order valence-electron chi connectivity index (χ4n) is 2.71. The van der Waals surface area contributed by atoms with Crippen LogP contribution in [-0.4, -0.2) is 12.5 Å². The Balaban J connectivity index is 0.00000312. The molecule has 2 aromatic rings. The van der Waals surface area contributed by atoms with Crippen LogP contribution in [0, 0.1) is 5.82 Å². The Bertz CT molecular complexity index is 637. The molecular formula is C20H26ClFN2O. The second-order valence-electron chi connectivity index (χ2n) is 5.92. The van der Waals surface area contributed by atoms with Crippen molar-refractivity contribution in [3.05, 3.63) is 71.5 Å². The normalized spacial score (nSPS) is 11.4. The average Bonchev–Trinajstić information content (AvgIpc) is 2.60. The molecule has 0 bridgehead atoms. The molecule has 1 atom stereocenters. The van der Waals surface area contributed by atoms with Crippen LogP contribution in [-0.2, 0) is 4.79 Å². The Hall–Kier alpha value is -1.91. The summed E-state index contributed by atoms with van der Waals surface area (Å²) in [5, 5.41) is 3.04. The average molecular weight is 365 g/mol. The third-order valence-corrected chi connectivity index (χ3v) is 3.98. The maximum Gasteiger partial charge on any atom is 0.220 e. The molecule has 0 heterocycles. The van der Waals surface area contributed by atoms with Crippen molar-refractivity contribution in [2.24, 2.45) is 5.73 Å². The molecule has 0 fully saturated rings.